The Hall–Kier alpha value is -1.95. The van der Waals surface area contributed by atoms with E-state index in [0.717, 1.165) is 12.0 Å². The molecule has 0 aliphatic carbocycles. The molecule has 0 aliphatic rings. The first-order valence-corrected chi connectivity index (χ1v) is 6.93. The van der Waals surface area contributed by atoms with Gasteiger partial charge in [0.05, 0.1) is 7.11 Å². The summed E-state index contributed by atoms with van der Waals surface area (Å²) in [6, 6.07) is 5.23. The van der Waals surface area contributed by atoms with Crippen LogP contribution in [0.5, 0.6) is 5.75 Å². The Bertz CT molecular complexity index is 586. The van der Waals surface area contributed by atoms with Gasteiger partial charge in [0.15, 0.2) is 17.4 Å². The van der Waals surface area contributed by atoms with Gasteiger partial charge in [-0.2, -0.15) is 4.98 Å². The second-order valence-electron chi connectivity index (χ2n) is 4.97. The van der Waals surface area contributed by atoms with E-state index in [0.29, 0.717) is 30.6 Å². The Balaban J connectivity index is 1.92. The van der Waals surface area contributed by atoms with Gasteiger partial charge in [-0.05, 0) is 38.1 Å². The first-order valence-electron chi connectivity index (χ1n) is 6.93. The second-order valence-corrected chi connectivity index (χ2v) is 4.97. The minimum absolute atomic E-state index is 0.250. The molecule has 0 amide bonds. The smallest absolute Gasteiger partial charge is 0.226 e. The van der Waals surface area contributed by atoms with E-state index in [1.54, 1.807) is 6.07 Å². The summed E-state index contributed by atoms with van der Waals surface area (Å²) in [7, 11) is 3.34. The molecule has 2 aromatic rings. The zero-order chi connectivity index (χ0) is 15.2. The summed E-state index contributed by atoms with van der Waals surface area (Å²) in [5, 5.41) is 7.06. The Labute approximate surface area is 123 Å². The van der Waals surface area contributed by atoms with Crippen molar-refractivity contribution in [3.63, 3.8) is 0 Å². The molecule has 1 aromatic carbocycles. The number of aromatic nitrogens is 2. The number of halogens is 1. The summed E-state index contributed by atoms with van der Waals surface area (Å²) in [5.74, 6) is 1.15. The lowest BCUT2D eigenvalue weighted by molar-refractivity contribution is 0.370. The molecule has 114 valence electrons. The van der Waals surface area contributed by atoms with Crippen molar-refractivity contribution in [1.29, 1.82) is 0 Å². The van der Waals surface area contributed by atoms with Crippen molar-refractivity contribution in [2.75, 3.05) is 14.2 Å². The van der Waals surface area contributed by atoms with Crippen LogP contribution in [0.2, 0.25) is 0 Å². The zero-order valence-electron chi connectivity index (χ0n) is 12.5. The largest absolute Gasteiger partial charge is 0.494 e. The molecule has 0 spiro atoms. The number of likely N-dealkylation sites (N-methyl/N-ethyl adjacent to an activating group) is 1. The van der Waals surface area contributed by atoms with E-state index in [-0.39, 0.29) is 11.6 Å². The number of benzene rings is 1. The summed E-state index contributed by atoms with van der Waals surface area (Å²) in [6.45, 7) is 2.05. The molecular weight excluding hydrogens is 273 g/mol. The number of hydrogen-bond donors (Lipinski definition) is 1. The number of nitrogens with zero attached hydrogens (tertiary/aromatic N) is 2. The fourth-order valence-electron chi connectivity index (χ4n) is 1.97. The van der Waals surface area contributed by atoms with Crippen LogP contribution >= 0.6 is 0 Å². The highest BCUT2D eigenvalue weighted by Gasteiger charge is 2.10. The standard InChI is InChI=1S/C15H20FN3O2/c1-10(17-2)8-14-18-15(21-19-14)7-5-11-4-6-13(20-3)12(16)9-11/h4,6,9-10,17H,5,7-8H2,1-3H3. The zero-order valence-corrected chi connectivity index (χ0v) is 12.5. The van der Waals surface area contributed by atoms with E-state index in [4.69, 9.17) is 9.26 Å². The molecule has 1 N–H and O–H groups in total. The lowest BCUT2D eigenvalue weighted by Crippen LogP contribution is -2.24. The topological polar surface area (TPSA) is 60.2 Å². The van der Waals surface area contributed by atoms with Crippen LogP contribution in [-0.4, -0.2) is 30.3 Å². The van der Waals surface area contributed by atoms with Crippen molar-refractivity contribution in [1.82, 2.24) is 15.5 Å². The van der Waals surface area contributed by atoms with Gasteiger partial charge in [0, 0.05) is 18.9 Å². The van der Waals surface area contributed by atoms with Gasteiger partial charge in [0.25, 0.3) is 0 Å². The lowest BCUT2D eigenvalue weighted by Gasteiger charge is -2.05. The highest BCUT2D eigenvalue weighted by Crippen LogP contribution is 2.18. The third-order valence-electron chi connectivity index (χ3n) is 3.34. The lowest BCUT2D eigenvalue weighted by atomic mass is 10.1. The van der Waals surface area contributed by atoms with Crippen molar-refractivity contribution in [2.24, 2.45) is 0 Å². The highest BCUT2D eigenvalue weighted by atomic mass is 19.1. The van der Waals surface area contributed by atoms with Crippen LogP contribution in [0.3, 0.4) is 0 Å². The van der Waals surface area contributed by atoms with E-state index in [1.807, 2.05) is 13.1 Å². The van der Waals surface area contributed by atoms with Crippen LogP contribution in [0.15, 0.2) is 22.7 Å². The number of rotatable bonds is 7. The maximum absolute atomic E-state index is 13.6. The Morgan fingerprint density at radius 1 is 1.38 bits per heavy atom. The second kappa shape index (κ2) is 7.17. The molecule has 5 nitrogen and oxygen atoms in total. The van der Waals surface area contributed by atoms with Crippen LogP contribution in [-0.2, 0) is 19.3 Å². The molecule has 0 saturated carbocycles. The Kier molecular flexibility index (Phi) is 5.27. The van der Waals surface area contributed by atoms with Crippen molar-refractivity contribution >= 4 is 0 Å². The Morgan fingerprint density at radius 3 is 2.86 bits per heavy atom. The molecule has 2 rings (SSSR count). The van der Waals surface area contributed by atoms with Crippen LogP contribution in [0.1, 0.15) is 24.2 Å². The quantitative estimate of drug-likeness (QED) is 0.847. The highest BCUT2D eigenvalue weighted by molar-refractivity contribution is 5.29. The third-order valence-corrected chi connectivity index (χ3v) is 3.34. The average molecular weight is 293 g/mol. The molecule has 1 aromatic heterocycles. The van der Waals surface area contributed by atoms with Crippen LogP contribution in [0, 0.1) is 5.82 Å². The maximum atomic E-state index is 13.6. The summed E-state index contributed by atoms with van der Waals surface area (Å²) < 4.78 is 23.7. The van der Waals surface area contributed by atoms with E-state index in [2.05, 4.69) is 22.4 Å². The van der Waals surface area contributed by atoms with E-state index >= 15 is 0 Å². The normalized spacial score (nSPS) is 12.4. The SMILES string of the molecule is CNC(C)Cc1noc(CCc2ccc(OC)c(F)c2)n1. The summed E-state index contributed by atoms with van der Waals surface area (Å²) in [4.78, 5) is 4.33. The molecule has 1 heterocycles. The molecule has 0 aliphatic heterocycles. The van der Waals surface area contributed by atoms with Crippen LogP contribution < -0.4 is 10.1 Å². The average Bonchev–Trinajstić information content (AvgIpc) is 2.92. The van der Waals surface area contributed by atoms with Crippen molar-refractivity contribution in [2.45, 2.75) is 32.2 Å². The molecule has 1 atom stereocenters. The van der Waals surface area contributed by atoms with Crippen molar-refractivity contribution in [3.8, 4) is 5.75 Å². The minimum atomic E-state index is -0.357. The fourth-order valence-corrected chi connectivity index (χ4v) is 1.97. The van der Waals surface area contributed by atoms with E-state index in [1.165, 1.54) is 13.2 Å². The maximum Gasteiger partial charge on any atom is 0.226 e. The van der Waals surface area contributed by atoms with Gasteiger partial charge < -0.3 is 14.6 Å². The number of hydrogen-bond acceptors (Lipinski definition) is 5. The van der Waals surface area contributed by atoms with Crippen LogP contribution in [0.25, 0.3) is 0 Å². The first-order chi connectivity index (χ1) is 10.1. The van der Waals surface area contributed by atoms with E-state index in [9.17, 15) is 4.39 Å². The summed E-state index contributed by atoms with van der Waals surface area (Å²) >= 11 is 0. The molecule has 0 bridgehead atoms. The van der Waals surface area contributed by atoms with Gasteiger partial charge in [-0.25, -0.2) is 4.39 Å². The van der Waals surface area contributed by atoms with E-state index < -0.39 is 0 Å². The number of aryl methyl sites for hydroxylation is 2. The first kappa shape index (κ1) is 15.4. The number of methoxy groups -OCH3 is 1. The van der Waals surface area contributed by atoms with Gasteiger partial charge in [-0.1, -0.05) is 11.2 Å². The molecule has 6 heteroatoms. The Morgan fingerprint density at radius 2 is 2.19 bits per heavy atom. The van der Waals surface area contributed by atoms with Gasteiger partial charge in [-0.3, -0.25) is 0 Å². The van der Waals surface area contributed by atoms with Crippen LogP contribution in [0.4, 0.5) is 4.39 Å². The van der Waals surface area contributed by atoms with Gasteiger partial charge in [0.2, 0.25) is 5.89 Å². The van der Waals surface area contributed by atoms with Gasteiger partial charge in [0.1, 0.15) is 0 Å². The predicted molar refractivity (Wildman–Crippen MR) is 76.9 cm³/mol. The monoisotopic (exact) mass is 293 g/mol. The summed E-state index contributed by atoms with van der Waals surface area (Å²) in [5.41, 5.74) is 0.872. The summed E-state index contributed by atoms with van der Waals surface area (Å²) in [6.07, 6.45) is 1.95. The van der Waals surface area contributed by atoms with Gasteiger partial charge >= 0.3 is 0 Å². The van der Waals surface area contributed by atoms with Gasteiger partial charge in [-0.15, -0.1) is 0 Å². The fraction of sp³-hybridized carbons (Fsp3) is 0.467. The van der Waals surface area contributed by atoms with Crippen molar-refractivity contribution in [3.05, 3.63) is 41.3 Å². The molecule has 1 unspecified atom stereocenters. The third kappa shape index (κ3) is 4.26. The molecule has 21 heavy (non-hydrogen) atoms. The number of ether oxygens (including phenoxy) is 1. The molecule has 0 saturated heterocycles. The predicted octanol–water partition coefficient (Wildman–Crippen LogP) is 2.15. The minimum Gasteiger partial charge on any atom is -0.494 e. The number of nitrogens with one attached hydrogen (secondary N) is 1. The van der Waals surface area contributed by atoms with Crippen molar-refractivity contribution < 1.29 is 13.7 Å². The molecule has 0 fully saturated rings. The molecular formula is C15H20FN3O2. The molecule has 0 radical (unpaired) electrons.